The van der Waals surface area contributed by atoms with E-state index in [-0.39, 0.29) is 9.92 Å². The van der Waals surface area contributed by atoms with E-state index in [1.54, 1.807) is 18.2 Å². The van der Waals surface area contributed by atoms with Gasteiger partial charge < -0.3 is 9.47 Å². The van der Waals surface area contributed by atoms with Crippen LogP contribution in [0.5, 0.6) is 11.5 Å². The Kier molecular flexibility index (Phi) is 4.57. The van der Waals surface area contributed by atoms with Crippen LogP contribution in [0.3, 0.4) is 0 Å². The van der Waals surface area contributed by atoms with Crippen molar-refractivity contribution in [1.82, 2.24) is 0 Å². The molecular weight excluding hydrogens is 361 g/mol. The molecule has 0 saturated carbocycles. The van der Waals surface area contributed by atoms with E-state index in [0.29, 0.717) is 35.4 Å². The molecule has 2 aromatic rings. The molecule has 0 fully saturated rings. The zero-order valence-electron chi connectivity index (χ0n) is 11.9. The molecule has 0 unspecified atom stereocenters. The quantitative estimate of drug-likeness (QED) is 0.884. The predicted molar refractivity (Wildman–Crippen MR) is 89.3 cm³/mol. The van der Waals surface area contributed by atoms with Crippen molar-refractivity contribution >= 4 is 38.9 Å². The maximum atomic E-state index is 12.5. The largest absolute Gasteiger partial charge is 0.490 e. The molecule has 0 bridgehead atoms. The first-order valence-electron chi connectivity index (χ1n) is 6.83. The third-order valence-electron chi connectivity index (χ3n) is 3.18. The van der Waals surface area contributed by atoms with Gasteiger partial charge in [0.1, 0.15) is 4.90 Å². The maximum absolute atomic E-state index is 12.5. The summed E-state index contributed by atoms with van der Waals surface area (Å²) < 4.78 is 38.5. The van der Waals surface area contributed by atoms with Gasteiger partial charge in [-0.3, -0.25) is 4.72 Å². The zero-order chi connectivity index (χ0) is 16.4. The summed E-state index contributed by atoms with van der Waals surface area (Å²) in [6.45, 7) is 1.09. The van der Waals surface area contributed by atoms with Crippen molar-refractivity contribution in [3.05, 3.63) is 46.4 Å². The molecule has 0 radical (unpaired) electrons. The lowest BCUT2D eigenvalue weighted by atomic mass is 10.3. The molecule has 0 aliphatic carbocycles. The second-order valence-corrected chi connectivity index (χ2v) is 7.39. The fraction of sp³-hybridized carbons (Fsp3) is 0.200. The van der Waals surface area contributed by atoms with Crippen molar-refractivity contribution in [2.24, 2.45) is 0 Å². The molecule has 8 heteroatoms. The second-order valence-electron chi connectivity index (χ2n) is 4.89. The number of anilines is 1. The fourth-order valence-electron chi connectivity index (χ4n) is 2.13. The Labute approximate surface area is 144 Å². The molecule has 0 amide bonds. The summed E-state index contributed by atoms with van der Waals surface area (Å²) in [7, 11) is -3.83. The number of sulfonamides is 1. The minimum absolute atomic E-state index is 0.0457. The number of nitrogens with one attached hydrogen (secondary N) is 1. The monoisotopic (exact) mass is 373 g/mol. The lowest BCUT2D eigenvalue weighted by molar-refractivity contribution is 0.297. The van der Waals surface area contributed by atoms with Gasteiger partial charge in [0.05, 0.1) is 23.9 Å². The minimum atomic E-state index is -3.83. The van der Waals surface area contributed by atoms with E-state index in [2.05, 4.69) is 4.72 Å². The predicted octanol–water partition coefficient (Wildman–Crippen LogP) is 3.96. The smallest absolute Gasteiger partial charge is 0.263 e. The summed E-state index contributed by atoms with van der Waals surface area (Å²) >= 11 is 11.8. The van der Waals surface area contributed by atoms with E-state index in [9.17, 15) is 8.42 Å². The highest BCUT2D eigenvalue weighted by Crippen LogP contribution is 2.33. The first kappa shape index (κ1) is 16.2. The van der Waals surface area contributed by atoms with Gasteiger partial charge in [0.2, 0.25) is 0 Å². The van der Waals surface area contributed by atoms with Crippen molar-refractivity contribution in [2.45, 2.75) is 11.3 Å². The summed E-state index contributed by atoms with van der Waals surface area (Å²) in [5, 5.41) is 0.420. The molecule has 0 atom stereocenters. The fourth-order valence-corrected chi connectivity index (χ4v) is 3.95. The summed E-state index contributed by atoms with van der Waals surface area (Å²) in [6, 6.07) is 9.07. The molecule has 1 aliphatic rings. The highest BCUT2D eigenvalue weighted by Gasteiger charge is 2.19. The molecule has 1 N–H and O–H groups in total. The molecular formula is C15H13Cl2NO4S. The van der Waals surface area contributed by atoms with Gasteiger partial charge in [0, 0.05) is 17.5 Å². The number of hydrogen-bond donors (Lipinski definition) is 1. The van der Waals surface area contributed by atoms with Gasteiger partial charge >= 0.3 is 0 Å². The van der Waals surface area contributed by atoms with Gasteiger partial charge in [-0.25, -0.2) is 8.42 Å². The van der Waals surface area contributed by atoms with E-state index >= 15 is 0 Å². The lowest BCUT2D eigenvalue weighted by Gasteiger charge is -2.12. The number of benzene rings is 2. The van der Waals surface area contributed by atoms with Gasteiger partial charge in [0.15, 0.2) is 11.5 Å². The van der Waals surface area contributed by atoms with Crippen LogP contribution in [-0.2, 0) is 10.0 Å². The average molecular weight is 374 g/mol. The highest BCUT2D eigenvalue weighted by atomic mass is 35.5. The van der Waals surface area contributed by atoms with Crippen molar-refractivity contribution in [1.29, 1.82) is 0 Å². The van der Waals surface area contributed by atoms with E-state index in [1.165, 1.54) is 18.2 Å². The van der Waals surface area contributed by atoms with Gasteiger partial charge in [-0.1, -0.05) is 23.2 Å². The molecule has 5 nitrogen and oxygen atoms in total. The zero-order valence-corrected chi connectivity index (χ0v) is 14.2. The minimum Gasteiger partial charge on any atom is -0.490 e. The number of rotatable bonds is 3. The Balaban J connectivity index is 1.90. The number of halogens is 2. The molecule has 1 aliphatic heterocycles. The van der Waals surface area contributed by atoms with Crippen LogP contribution in [0.1, 0.15) is 6.42 Å². The summed E-state index contributed by atoms with van der Waals surface area (Å²) in [5.41, 5.74) is 0.361. The molecule has 1 heterocycles. The van der Waals surface area contributed by atoms with Crippen LogP contribution < -0.4 is 14.2 Å². The Morgan fingerprint density at radius 1 is 0.957 bits per heavy atom. The van der Waals surface area contributed by atoms with Crippen LogP contribution in [-0.4, -0.2) is 21.6 Å². The van der Waals surface area contributed by atoms with E-state index in [1.807, 2.05) is 0 Å². The standard InChI is InChI=1S/C15H13Cl2NO4S/c16-10-2-5-15(12(17)8-10)23(19,20)18-11-3-4-13-14(9-11)22-7-1-6-21-13/h2-5,8-9,18H,1,6-7H2. The Morgan fingerprint density at radius 3 is 2.43 bits per heavy atom. The number of hydrogen-bond acceptors (Lipinski definition) is 4. The van der Waals surface area contributed by atoms with Crippen LogP contribution >= 0.6 is 23.2 Å². The Hall–Kier alpha value is -1.63. The van der Waals surface area contributed by atoms with Crippen molar-refractivity contribution < 1.29 is 17.9 Å². The molecule has 0 aromatic heterocycles. The number of fused-ring (bicyclic) bond motifs is 1. The topological polar surface area (TPSA) is 64.6 Å². The van der Waals surface area contributed by atoms with E-state index < -0.39 is 10.0 Å². The SMILES string of the molecule is O=S(=O)(Nc1ccc2c(c1)OCCCO2)c1ccc(Cl)cc1Cl. The van der Waals surface area contributed by atoms with Gasteiger partial charge in [-0.05, 0) is 30.3 Å². The summed E-state index contributed by atoms with van der Waals surface area (Å²) in [4.78, 5) is -0.0457. The van der Waals surface area contributed by atoms with Crippen LogP contribution in [0.25, 0.3) is 0 Å². The Bertz CT molecular complexity index is 839. The molecule has 0 saturated heterocycles. The van der Waals surface area contributed by atoms with E-state index in [4.69, 9.17) is 32.7 Å². The van der Waals surface area contributed by atoms with Crippen LogP contribution in [0.15, 0.2) is 41.3 Å². The van der Waals surface area contributed by atoms with Crippen molar-refractivity contribution in [3.63, 3.8) is 0 Å². The van der Waals surface area contributed by atoms with Crippen molar-refractivity contribution in [2.75, 3.05) is 17.9 Å². The molecule has 0 spiro atoms. The summed E-state index contributed by atoms with van der Waals surface area (Å²) in [5.74, 6) is 1.10. The first-order chi connectivity index (χ1) is 11.0. The second kappa shape index (κ2) is 6.47. The van der Waals surface area contributed by atoms with Gasteiger partial charge in [0.25, 0.3) is 10.0 Å². The maximum Gasteiger partial charge on any atom is 0.263 e. The highest BCUT2D eigenvalue weighted by molar-refractivity contribution is 7.92. The lowest BCUT2D eigenvalue weighted by Crippen LogP contribution is -2.13. The van der Waals surface area contributed by atoms with Crippen LogP contribution in [0.2, 0.25) is 10.0 Å². The van der Waals surface area contributed by atoms with Gasteiger partial charge in [-0.15, -0.1) is 0 Å². The third-order valence-corrected chi connectivity index (χ3v) is 5.28. The van der Waals surface area contributed by atoms with E-state index in [0.717, 1.165) is 6.42 Å². The Morgan fingerprint density at radius 2 is 1.70 bits per heavy atom. The van der Waals surface area contributed by atoms with Gasteiger partial charge in [-0.2, -0.15) is 0 Å². The normalized spacial score (nSPS) is 14.2. The van der Waals surface area contributed by atoms with Crippen LogP contribution in [0.4, 0.5) is 5.69 Å². The first-order valence-corrected chi connectivity index (χ1v) is 9.07. The van der Waals surface area contributed by atoms with Crippen LogP contribution in [0, 0.1) is 0 Å². The third kappa shape index (κ3) is 3.65. The summed E-state index contributed by atoms with van der Waals surface area (Å²) in [6.07, 6.45) is 0.774. The molecule has 3 rings (SSSR count). The number of ether oxygens (including phenoxy) is 2. The van der Waals surface area contributed by atoms with Crippen molar-refractivity contribution in [3.8, 4) is 11.5 Å². The molecule has 122 valence electrons. The molecule has 23 heavy (non-hydrogen) atoms. The average Bonchev–Trinajstić information content (AvgIpc) is 2.71. The molecule has 2 aromatic carbocycles.